The lowest BCUT2D eigenvalue weighted by molar-refractivity contribution is -0.406. The Hall–Kier alpha value is -2.38. The first-order chi connectivity index (χ1) is 11.9. The van der Waals surface area contributed by atoms with E-state index in [1.165, 1.54) is 0 Å². The number of nitrogens with zero attached hydrogens (tertiary/aromatic N) is 1. The first-order valence-electron chi connectivity index (χ1n) is 8.62. The topological polar surface area (TPSA) is 127 Å². The summed E-state index contributed by atoms with van der Waals surface area (Å²) >= 11 is 0. The Morgan fingerprint density at radius 3 is 2.68 bits per heavy atom. The van der Waals surface area contributed by atoms with Crippen LogP contribution in [0.3, 0.4) is 0 Å². The summed E-state index contributed by atoms with van der Waals surface area (Å²) in [7, 11) is 1.93. The smallest absolute Gasteiger partial charge is 0.326 e. The molecule has 1 aromatic carbocycles. The van der Waals surface area contributed by atoms with Crippen molar-refractivity contribution in [2.75, 3.05) is 6.54 Å². The van der Waals surface area contributed by atoms with E-state index >= 15 is 0 Å². The molecule has 136 valence electrons. The Morgan fingerprint density at radius 2 is 2.00 bits per heavy atom. The van der Waals surface area contributed by atoms with Crippen molar-refractivity contribution in [3.05, 3.63) is 36.0 Å². The molecule has 2 atom stereocenters. The summed E-state index contributed by atoms with van der Waals surface area (Å²) in [6, 6.07) is 6.42. The van der Waals surface area contributed by atoms with Gasteiger partial charge in [0.05, 0.1) is 6.54 Å². The normalized spacial score (nSPS) is 13.6. The van der Waals surface area contributed by atoms with Crippen molar-refractivity contribution in [1.82, 2.24) is 9.88 Å². The molecule has 1 aromatic heterocycles. The molecule has 7 heteroatoms. The fourth-order valence-electron chi connectivity index (χ4n) is 3.00. The van der Waals surface area contributed by atoms with Crippen LogP contribution < -0.4 is 16.8 Å². The molecule has 2 rings (SSSR count). The summed E-state index contributed by atoms with van der Waals surface area (Å²) in [5.41, 5.74) is 9.57. The molecule has 0 fully saturated rings. The highest BCUT2D eigenvalue weighted by Crippen LogP contribution is 2.21. The molecule has 0 aliphatic heterocycles. The molecule has 0 unspecified atom stereocenters. The van der Waals surface area contributed by atoms with Gasteiger partial charge < -0.3 is 26.5 Å². The number of rotatable bonds is 9. The number of quaternary nitrogens is 2. The molecule has 0 bridgehead atoms. The number of para-hydroxylation sites is 1. The third-order valence-electron chi connectivity index (χ3n) is 4.44. The van der Waals surface area contributed by atoms with Crippen LogP contribution >= 0.6 is 0 Å². The number of carboxylic acid groups (broad SMARTS) is 1. The van der Waals surface area contributed by atoms with Gasteiger partial charge in [0.1, 0.15) is 6.04 Å². The van der Waals surface area contributed by atoms with Crippen molar-refractivity contribution in [2.24, 2.45) is 7.05 Å². The Morgan fingerprint density at radius 1 is 1.28 bits per heavy atom. The number of carboxylic acids is 1. The zero-order valence-electron chi connectivity index (χ0n) is 14.7. The largest absolute Gasteiger partial charge is 0.480 e. The minimum atomic E-state index is -1.04. The van der Waals surface area contributed by atoms with Crippen LogP contribution in [0, 0.1) is 0 Å². The number of fused-ring (bicyclic) bond motifs is 1. The molecule has 0 saturated heterocycles. The minimum absolute atomic E-state index is 0.244. The summed E-state index contributed by atoms with van der Waals surface area (Å²) < 4.78 is 1.97. The lowest BCUT2D eigenvalue weighted by Crippen LogP contribution is -2.68. The van der Waals surface area contributed by atoms with Gasteiger partial charge in [-0.1, -0.05) is 18.2 Å². The van der Waals surface area contributed by atoms with Gasteiger partial charge >= 0.3 is 5.97 Å². The van der Waals surface area contributed by atoms with Gasteiger partial charge in [-0.15, -0.1) is 0 Å². The number of hydrogen-bond donors (Lipinski definition) is 4. The fourth-order valence-corrected chi connectivity index (χ4v) is 3.00. The molecule has 25 heavy (non-hydrogen) atoms. The van der Waals surface area contributed by atoms with E-state index in [0.717, 1.165) is 35.9 Å². The summed E-state index contributed by atoms with van der Waals surface area (Å²) in [5, 5.41) is 13.2. The van der Waals surface area contributed by atoms with Crippen molar-refractivity contribution in [3.8, 4) is 0 Å². The van der Waals surface area contributed by atoms with Crippen LogP contribution in [0.4, 0.5) is 0 Å². The molecule has 2 aromatic rings. The van der Waals surface area contributed by atoms with Crippen molar-refractivity contribution in [1.29, 1.82) is 0 Å². The van der Waals surface area contributed by atoms with E-state index in [4.69, 9.17) is 0 Å². The fraction of sp³-hybridized carbons (Fsp3) is 0.444. The lowest BCUT2D eigenvalue weighted by atomic mass is 10.0. The van der Waals surface area contributed by atoms with E-state index in [2.05, 4.69) is 16.8 Å². The highest BCUT2D eigenvalue weighted by molar-refractivity contribution is 5.88. The average Bonchev–Trinajstić information content (AvgIpc) is 2.90. The van der Waals surface area contributed by atoms with Gasteiger partial charge in [0, 0.05) is 37.0 Å². The molecule has 0 aliphatic carbocycles. The van der Waals surface area contributed by atoms with Gasteiger partial charge in [-0.25, -0.2) is 4.79 Å². The maximum Gasteiger partial charge on any atom is 0.326 e. The Kier molecular flexibility index (Phi) is 6.55. The molecule has 8 N–H and O–H groups in total. The second-order valence-electron chi connectivity index (χ2n) is 6.43. The number of nitrogens with one attached hydrogen (secondary N) is 1. The Labute approximate surface area is 147 Å². The van der Waals surface area contributed by atoms with Crippen molar-refractivity contribution in [2.45, 2.75) is 37.8 Å². The number of amides is 1. The molecule has 0 aliphatic rings. The number of benzene rings is 1. The summed E-state index contributed by atoms with van der Waals surface area (Å²) in [6.45, 7) is 0.827. The number of unbranched alkanes of at least 4 members (excludes halogenated alkanes) is 1. The number of aromatic nitrogens is 1. The zero-order valence-corrected chi connectivity index (χ0v) is 14.7. The van der Waals surface area contributed by atoms with E-state index in [0.29, 0.717) is 6.42 Å². The van der Waals surface area contributed by atoms with Crippen LogP contribution in [0.1, 0.15) is 24.8 Å². The van der Waals surface area contributed by atoms with Gasteiger partial charge in [0.2, 0.25) is 0 Å². The highest BCUT2D eigenvalue weighted by atomic mass is 16.4. The third-order valence-corrected chi connectivity index (χ3v) is 4.44. The number of aryl methyl sites for hydroxylation is 1. The van der Waals surface area contributed by atoms with E-state index in [-0.39, 0.29) is 12.3 Å². The molecule has 0 saturated carbocycles. The maximum absolute atomic E-state index is 12.3. The predicted molar refractivity (Wildman–Crippen MR) is 94.5 cm³/mol. The number of aliphatic carboxylic acids is 1. The Balaban J connectivity index is 2.08. The lowest BCUT2D eigenvalue weighted by Gasteiger charge is -2.16. The molecule has 0 radical (unpaired) electrons. The Bertz CT molecular complexity index is 741. The van der Waals surface area contributed by atoms with Gasteiger partial charge in [0.15, 0.2) is 6.04 Å². The second-order valence-corrected chi connectivity index (χ2v) is 6.43. The second kappa shape index (κ2) is 8.64. The number of carbonyl (C=O) groups is 2. The third kappa shape index (κ3) is 4.80. The summed E-state index contributed by atoms with van der Waals surface area (Å²) in [4.78, 5) is 23.9. The van der Waals surface area contributed by atoms with Crippen LogP contribution in [0.15, 0.2) is 30.5 Å². The standard InChI is InChI=1S/C18H26N4O3/c1-22-11-12(13-6-2-3-8-16(13)22)10-15(18(24)25)21-17(23)14(20)7-4-5-9-19/h2-3,6,8,11,14-15H,4-5,7,9-10,19-20H2,1H3,(H,21,23)(H,24,25)/p+2/t14-,15+/m0/s1. The van der Waals surface area contributed by atoms with E-state index < -0.39 is 18.1 Å². The van der Waals surface area contributed by atoms with E-state index in [1.54, 1.807) is 0 Å². The highest BCUT2D eigenvalue weighted by Gasteiger charge is 2.26. The number of carbonyl (C=O) groups excluding carboxylic acids is 1. The quantitative estimate of drug-likeness (QED) is 0.448. The zero-order chi connectivity index (χ0) is 18.4. The van der Waals surface area contributed by atoms with Crippen molar-refractivity contribution >= 4 is 22.8 Å². The van der Waals surface area contributed by atoms with E-state index in [9.17, 15) is 14.7 Å². The van der Waals surface area contributed by atoms with Crippen molar-refractivity contribution < 1.29 is 26.2 Å². The summed E-state index contributed by atoms with van der Waals surface area (Å²) in [5.74, 6) is -1.34. The van der Waals surface area contributed by atoms with Gasteiger partial charge in [-0.3, -0.25) is 4.79 Å². The summed E-state index contributed by atoms with van der Waals surface area (Å²) in [6.07, 6.45) is 4.61. The van der Waals surface area contributed by atoms with Gasteiger partial charge in [-0.05, 0) is 24.5 Å². The SMILES string of the molecule is Cn1cc(C[C@@H](NC(=O)[C@@H]([NH3+])CCCC[NH3+])C(=O)O)c2ccccc21. The van der Waals surface area contributed by atoms with Crippen molar-refractivity contribution in [3.63, 3.8) is 0 Å². The molecule has 7 nitrogen and oxygen atoms in total. The molecule has 0 spiro atoms. The molecular formula is C18H28N4O3+2. The molecule has 1 heterocycles. The van der Waals surface area contributed by atoms with Crippen LogP contribution in [0.2, 0.25) is 0 Å². The monoisotopic (exact) mass is 348 g/mol. The molecule has 1 amide bonds. The van der Waals surface area contributed by atoms with Gasteiger partial charge in [-0.2, -0.15) is 0 Å². The van der Waals surface area contributed by atoms with E-state index in [1.807, 2.05) is 42.1 Å². The van der Waals surface area contributed by atoms with Crippen LogP contribution in [0.25, 0.3) is 10.9 Å². The van der Waals surface area contributed by atoms with Crippen LogP contribution in [-0.4, -0.2) is 40.2 Å². The van der Waals surface area contributed by atoms with Crippen LogP contribution in [0.5, 0.6) is 0 Å². The first-order valence-corrected chi connectivity index (χ1v) is 8.62. The predicted octanol–water partition coefficient (Wildman–Crippen LogP) is -0.687. The minimum Gasteiger partial charge on any atom is -0.480 e. The average molecular weight is 348 g/mol. The van der Waals surface area contributed by atoms with Crippen LogP contribution in [-0.2, 0) is 23.1 Å². The number of hydrogen-bond acceptors (Lipinski definition) is 2. The van der Waals surface area contributed by atoms with Gasteiger partial charge in [0.25, 0.3) is 5.91 Å². The maximum atomic E-state index is 12.3. The molecular weight excluding hydrogens is 320 g/mol. The first kappa shape index (κ1) is 19.0.